The first-order chi connectivity index (χ1) is 7.88. The molecule has 0 aliphatic heterocycles. The maximum absolute atomic E-state index is 11.2. The Labute approximate surface area is 121 Å². The Morgan fingerprint density at radius 3 is 2.61 bits per heavy atom. The second-order valence-electron chi connectivity index (χ2n) is 3.95. The van der Waals surface area contributed by atoms with E-state index in [4.69, 9.17) is 5.73 Å². The molecule has 6 heteroatoms. The van der Waals surface area contributed by atoms with Crippen LogP contribution in [0, 0.1) is 13.8 Å². The number of carbonyl (C=O) groups excluding carboxylic acids is 1. The zero-order valence-electron chi connectivity index (χ0n) is 10.5. The molecule has 18 heavy (non-hydrogen) atoms. The number of phenolic OH excluding ortho intramolecular Hbond substituents is 1. The summed E-state index contributed by atoms with van der Waals surface area (Å²) in [6.45, 7) is 3.73. The van der Waals surface area contributed by atoms with E-state index in [-0.39, 0.29) is 24.6 Å². The number of aromatic hydroxyl groups is 1. The van der Waals surface area contributed by atoms with Crippen molar-refractivity contribution in [2.75, 3.05) is 7.11 Å². The van der Waals surface area contributed by atoms with Crippen molar-refractivity contribution in [1.82, 2.24) is 0 Å². The predicted octanol–water partition coefficient (Wildman–Crippen LogP) is 2.76. The molecule has 0 spiro atoms. The van der Waals surface area contributed by atoms with E-state index in [1.807, 2.05) is 13.8 Å². The highest BCUT2D eigenvalue weighted by molar-refractivity contribution is 9.10. The molecule has 0 fully saturated rings. The Balaban J connectivity index is 0.00000289. The summed E-state index contributed by atoms with van der Waals surface area (Å²) in [5.74, 6) is -0.285. The van der Waals surface area contributed by atoms with Gasteiger partial charge in [0, 0.05) is 16.1 Å². The molecular weight excluding hydrogens is 321 g/mol. The number of phenols is 1. The molecule has 0 heterocycles. The van der Waals surface area contributed by atoms with Crippen LogP contribution in [-0.4, -0.2) is 18.2 Å². The van der Waals surface area contributed by atoms with Gasteiger partial charge >= 0.3 is 5.97 Å². The van der Waals surface area contributed by atoms with Gasteiger partial charge in [-0.3, -0.25) is 4.79 Å². The molecule has 0 unspecified atom stereocenters. The van der Waals surface area contributed by atoms with E-state index in [9.17, 15) is 9.90 Å². The van der Waals surface area contributed by atoms with E-state index in [2.05, 4.69) is 20.7 Å². The fourth-order valence-corrected chi connectivity index (χ4v) is 2.11. The number of nitrogens with two attached hydrogens (primary N) is 1. The number of aryl methyl sites for hydroxylation is 1. The Hall–Kier alpha value is -0.780. The molecule has 1 aromatic carbocycles. The summed E-state index contributed by atoms with van der Waals surface area (Å²) in [7, 11) is 1.31. The second kappa shape index (κ2) is 6.97. The van der Waals surface area contributed by atoms with Crippen molar-refractivity contribution in [2.45, 2.75) is 26.3 Å². The van der Waals surface area contributed by atoms with Crippen molar-refractivity contribution in [3.63, 3.8) is 0 Å². The van der Waals surface area contributed by atoms with Gasteiger partial charge in [-0.15, -0.1) is 12.4 Å². The molecule has 0 aliphatic carbocycles. The van der Waals surface area contributed by atoms with Crippen molar-refractivity contribution < 1.29 is 14.6 Å². The largest absolute Gasteiger partial charge is 0.508 e. The topological polar surface area (TPSA) is 72.5 Å². The summed E-state index contributed by atoms with van der Waals surface area (Å²) in [5.41, 5.74) is 8.26. The SMILES string of the molecule is COC(=O)C[C@@H](N)c1c(O)cc(C)c(Br)c1C.Cl. The third-order valence-electron chi connectivity index (χ3n) is 2.69. The molecule has 4 nitrogen and oxygen atoms in total. The molecule has 3 N–H and O–H groups in total. The van der Waals surface area contributed by atoms with Crippen LogP contribution in [0.1, 0.15) is 29.2 Å². The summed E-state index contributed by atoms with van der Waals surface area (Å²) in [6, 6.07) is 1.06. The van der Waals surface area contributed by atoms with Gasteiger partial charge in [-0.25, -0.2) is 0 Å². The van der Waals surface area contributed by atoms with Crippen LogP contribution in [0.4, 0.5) is 0 Å². The Morgan fingerprint density at radius 2 is 2.11 bits per heavy atom. The van der Waals surface area contributed by atoms with E-state index in [1.165, 1.54) is 7.11 Å². The summed E-state index contributed by atoms with van der Waals surface area (Å²) in [6.07, 6.45) is 0.0421. The fraction of sp³-hybridized carbons (Fsp3) is 0.417. The molecule has 0 saturated carbocycles. The molecule has 1 atom stereocenters. The summed E-state index contributed by atoms with van der Waals surface area (Å²) in [4.78, 5) is 11.2. The second-order valence-corrected chi connectivity index (χ2v) is 4.74. The molecular formula is C12H17BrClNO3. The van der Waals surface area contributed by atoms with E-state index in [1.54, 1.807) is 6.07 Å². The Bertz CT molecular complexity index is 451. The summed E-state index contributed by atoms with van der Waals surface area (Å²) in [5, 5.41) is 9.90. The third-order valence-corrected chi connectivity index (χ3v) is 3.91. The van der Waals surface area contributed by atoms with Crippen LogP contribution < -0.4 is 5.73 Å². The minimum Gasteiger partial charge on any atom is -0.508 e. The van der Waals surface area contributed by atoms with Crippen LogP contribution in [0.25, 0.3) is 0 Å². The highest BCUT2D eigenvalue weighted by Gasteiger charge is 2.20. The van der Waals surface area contributed by atoms with Gasteiger partial charge in [-0.1, -0.05) is 15.9 Å². The van der Waals surface area contributed by atoms with E-state index in [0.29, 0.717) is 5.56 Å². The van der Waals surface area contributed by atoms with E-state index < -0.39 is 12.0 Å². The minimum absolute atomic E-state index is 0. The summed E-state index contributed by atoms with van der Waals surface area (Å²) >= 11 is 3.43. The first-order valence-corrected chi connectivity index (χ1v) is 5.98. The monoisotopic (exact) mass is 337 g/mol. The van der Waals surface area contributed by atoms with Gasteiger partial charge in [0.25, 0.3) is 0 Å². The molecule has 0 radical (unpaired) electrons. The lowest BCUT2D eigenvalue weighted by molar-refractivity contribution is -0.141. The van der Waals surface area contributed by atoms with Crippen LogP contribution in [0.2, 0.25) is 0 Å². The average molecular weight is 339 g/mol. The van der Waals surface area contributed by atoms with Gasteiger partial charge in [-0.05, 0) is 31.0 Å². The molecule has 0 amide bonds. The number of methoxy groups -OCH3 is 1. The number of halogens is 2. The zero-order valence-corrected chi connectivity index (χ0v) is 12.9. The number of benzene rings is 1. The quantitative estimate of drug-likeness (QED) is 0.831. The van der Waals surface area contributed by atoms with Crippen molar-refractivity contribution in [2.24, 2.45) is 5.73 Å². The number of ether oxygens (including phenoxy) is 1. The fourth-order valence-electron chi connectivity index (χ4n) is 1.79. The molecule has 102 valence electrons. The standard InChI is InChI=1S/C12H16BrNO3.ClH/c1-6-4-9(15)11(7(2)12(6)13)8(14)5-10(16)17-3;/h4,8,15H,5,14H2,1-3H3;1H/t8-;/m1./s1. The lowest BCUT2D eigenvalue weighted by Crippen LogP contribution is -2.17. The zero-order chi connectivity index (χ0) is 13.2. The Kier molecular flexibility index (Phi) is 6.67. The van der Waals surface area contributed by atoms with Crippen LogP contribution in [0.3, 0.4) is 0 Å². The van der Waals surface area contributed by atoms with Crippen LogP contribution in [-0.2, 0) is 9.53 Å². The van der Waals surface area contributed by atoms with Gasteiger partial charge in [0.2, 0.25) is 0 Å². The lowest BCUT2D eigenvalue weighted by Gasteiger charge is -2.17. The maximum Gasteiger partial charge on any atom is 0.307 e. The average Bonchev–Trinajstić information content (AvgIpc) is 2.25. The lowest BCUT2D eigenvalue weighted by atomic mass is 9.96. The van der Waals surface area contributed by atoms with Gasteiger partial charge in [0.15, 0.2) is 0 Å². The maximum atomic E-state index is 11.2. The third kappa shape index (κ3) is 3.60. The number of hydrogen-bond acceptors (Lipinski definition) is 4. The molecule has 0 aliphatic rings. The molecule has 0 saturated heterocycles. The van der Waals surface area contributed by atoms with Crippen molar-refractivity contribution >= 4 is 34.3 Å². The van der Waals surface area contributed by atoms with Gasteiger partial charge in [0.05, 0.1) is 13.5 Å². The molecule has 1 rings (SSSR count). The van der Waals surface area contributed by atoms with Gasteiger partial charge < -0.3 is 15.6 Å². The van der Waals surface area contributed by atoms with Crippen LogP contribution >= 0.6 is 28.3 Å². The van der Waals surface area contributed by atoms with Gasteiger partial charge in [0.1, 0.15) is 5.75 Å². The molecule has 0 bridgehead atoms. The summed E-state index contributed by atoms with van der Waals surface area (Å²) < 4.78 is 5.46. The highest BCUT2D eigenvalue weighted by Crippen LogP contribution is 2.35. The van der Waals surface area contributed by atoms with Crippen molar-refractivity contribution in [3.8, 4) is 5.75 Å². The van der Waals surface area contributed by atoms with Crippen LogP contribution in [0.5, 0.6) is 5.75 Å². The van der Waals surface area contributed by atoms with Gasteiger partial charge in [-0.2, -0.15) is 0 Å². The highest BCUT2D eigenvalue weighted by atomic mass is 79.9. The van der Waals surface area contributed by atoms with Crippen molar-refractivity contribution in [1.29, 1.82) is 0 Å². The smallest absolute Gasteiger partial charge is 0.307 e. The number of rotatable bonds is 3. The minimum atomic E-state index is -0.570. The predicted molar refractivity (Wildman–Crippen MR) is 76.1 cm³/mol. The number of hydrogen-bond donors (Lipinski definition) is 2. The number of esters is 1. The molecule has 1 aromatic rings. The Morgan fingerprint density at radius 1 is 1.56 bits per heavy atom. The first kappa shape index (κ1) is 17.2. The van der Waals surface area contributed by atoms with E-state index in [0.717, 1.165) is 15.6 Å². The normalized spacial score (nSPS) is 11.6. The van der Waals surface area contributed by atoms with E-state index >= 15 is 0 Å². The van der Waals surface area contributed by atoms with Crippen molar-refractivity contribution in [3.05, 3.63) is 27.2 Å². The molecule has 0 aromatic heterocycles. The first-order valence-electron chi connectivity index (χ1n) is 5.19. The van der Waals surface area contributed by atoms with Crippen LogP contribution in [0.15, 0.2) is 10.5 Å². The number of carbonyl (C=O) groups is 1.